The first-order valence-electron chi connectivity index (χ1n) is 6.15. The molecule has 5 nitrogen and oxygen atoms in total. The zero-order chi connectivity index (χ0) is 12.8. The van der Waals surface area contributed by atoms with E-state index in [9.17, 15) is 9.59 Å². The van der Waals surface area contributed by atoms with Crippen LogP contribution in [-0.2, 0) is 14.3 Å². The second kappa shape index (κ2) is 6.59. The van der Waals surface area contributed by atoms with Crippen LogP contribution in [0.3, 0.4) is 0 Å². The van der Waals surface area contributed by atoms with Crippen LogP contribution in [0.2, 0.25) is 0 Å². The number of nitrogens with one attached hydrogen (secondary N) is 2. The molecule has 0 radical (unpaired) electrons. The molecule has 1 amide bonds. The number of amides is 1. The predicted molar refractivity (Wildman–Crippen MR) is 64.4 cm³/mol. The normalized spacial score (nSPS) is 21.3. The van der Waals surface area contributed by atoms with Gasteiger partial charge >= 0.3 is 5.97 Å². The minimum Gasteiger partial charge on any atom is -0.467 e. The molecule has 0 bridgehead atoms. The SMILES string of the molecule is COC(=O)[C@@H](NC(=O)CC1CCCN1)C(C)C. The van der Waals surface area contributed by atoms with Crippen LogP contribution in [-0.4, -0.2) is 37.6 Å². The number of hydrogen-bond acceptors (Lipinski definition) is 4. The molecule has 0 spiro atoms. The molecule has 1 aliphatic heterocycles. The lowest BCUT2D eigenvalue weighted by Crippen LogP contribution is -2.46. The van der Waals surface area contributed by atoms with E-state index in [0.29, 0.717) is 6.42 Å². The highest BCUT2D eigenvalue weighted by molar-refractivity contribution is 5.84. The highest BCUT2D eigenvalue weighted by atomic mass is 16.5. The quantitative estimate of drug-likeness (QED) is 0.687. The highest BCUT2D eigenvalue weighted by Crippen LogP contribution is 2.10. The van der Waals surface area contributed by atoms with E-state index < -0.39 is 6.04 Å². The molecule has 1 rings (SSSR count). The summed E-state index contributed by atoms with van der Waals surface area (Å²) in [6, 6.07) is -0.297. The first-order chi connectivity index (χ1) is 8.04. The van der Waals surface area contributed by atoms with E-state index in [1.165, 1.54) is 7.11 Å². The molecular weight excluding hydrogens is 220 g/mol. The lowest BCUT2D eigenvalue weighted by atomic mass is 10.0. The fourth-order valence-corrected chi connectivity index (χ4v) is 2.01. The Morgan fingerprint density at radius 3 is 2.65 bits per heavy atom. The average molecular weight is 242 g/mol. The topological polar surface area (TPSA) is 67.4 Å². The maximum Gasteiger partial charge on any atom is 0.328 e. The highest BCUT2D eigenvalue weighted by Gasteiger charge is 2.26. The molecule has 98 valence electrons. The van der Waals surface area contributed by atoms with Gasteiger partial charge in [-0.3, -0.25) is 4.79 Å². The van der Waals surface area contributed by atoms with E-state index in [0.717, 1.165) is 19.4 Å². The minimum absolute atomic E-state index is 0.0305. The summed E-state index contributed by atoms with van der Waals surface area (Å²) >= 11 is 0. The lowest BCUT2D eigenvalue weighted by Gasteiger charge is -2.20. The molecule has 0 saturated carbocycles. The number of methoxy groups -OCH3 is 1. The lowest BCUT2D eigenvalue weighted by molar-refractivity contribution is -0.146. The van der Waals surface area contributed by atoms with E-state index in [1.807, 2.05) is 13.8 Å². The Bertz CT molecular complexity index is 273. The number of hydrogen-bond donors (Lipinski definition) is 2. The third-order valence-electron chi connectivity index (χ3n) is 3.03. The Labute approximate surface area is 102 Å². The van der Waals surface area contributed by atoms with Crippen LogP contribution in [0.15, 0.2) is 0 Å². The van der Waals surface area contributed by atoms with Crippen LogP contribution in [0.4, 0.5) is 0 Å². The number of rotatable bonds is 5. The van der Waals surface area contributed by atoms with Crippen molar-refractivity contribution < 1.29 is 14.3 Å². The number of carbonyl (C=O) groups is 2. The zero-order valence-corrected chi connectivity index (χ0v) is 10.8. The Hall–Kier alpha value is -1.10. The Balaban J connectivity index is 2.43. The molecule has 1 aliphatic rings. The predicted octanol–water partition coefficient (Wildman–Crippen LogP) is 0.442. The Morgan fingerprint density at radius 2 is 2.18 bits per heavy atom. The van der Waals surface area contributed by atoms with Crippen molar-refractivity contribution in [3.63, 3.8) is 0 Å². The number of carbonyl (C=O) groups excluding carboxylic acids is 2. The summed E-state index contributed by atoms with van der Waals surface area (Å²) in [6.45, 7) is 4.74. The minimum atomic E-state index is -0.547. The molecule has 0 aliphatic carbocycles. The van der Waals surface area contributed by atoms with Gasteiger partial charge in [-0.15, -0.1) is 0 Å². The molecule has 0 aromatic rings. The monoisotopic (exact) mass is 242 g/mol. The van der Waals surface area contributed by atoms with E-state index in [-0.39, 0.29) is 23.8 Å². The van der Waals surface area contributed by atoms with Gasteiger partial charge in [0, 0.05) is 12.5 Å². The molecule has 0 aromatic carbocycles. The van der Waals surface area contributed by atoms with Gasteiger partial charge in [-0.2, -0.15) is 0 Å². The zero-order valence-electron chi connectivity index (χ0n) is 10.8. The molecule has 17 heavy (non-hydrogen) atoms. The summed E-state index contributed by atoms with van der Waals surface area (Å²) in [4.78, 5) is 23.2. The van der Waals surface area contributed by atoms with Crippen molar-refractivity contribution in [1.82, 2.24) is 10.6 Å². The van der Waals surface area contributed by atoms with Gasteiger partial charge in [0.1, 0.15) is 6.04 Å². The van der Waals surface area contributed by atoms with Crippen molar-refractivity contribution >= 4 is 11.9 Å². The molecule has 5 heteroatoms. The van der Waals surface area contributed by atoms with Crippen molar-refractivity contribution in [1.29, 1.82) is 0 Å². The van der Waals surface area contributed by atoms with Crippen LogP contribution in [0, 0.1) is 5.92 Å². The first kappa shape index (κ1) is 14.0. The Morgan fingerprint density at radius 1 is 1.47 bits per heavy atom. The van der Waals surface area contributed by atoms with E-state index in [1.54, 1.807) is 0 Å². The van der Waals surface area contributed by atoms with E-state index in [2.05, 4.69) is 15.4 Å². The van der Waals surface area contributed by atoms with E-state index in [4.69, 9.17) is 0 Å². The Kier molecular flexibility index (Phi) is 5.41. The molecule has 1 saturated heterocycles. The molecule has 1 heterocycles. The standard InChI is InChI=1S/C12H22N2O3/c1-8(2)11(12(16)17-3)14-10(15)7-9-5-4-6-13-9/h8-9,11,13H,4-7H2,1-3H3,(H,14,15)/t9?,11-/m0/s1. The summed E-state index contributed by atoms with van der Waals surface area (Å²) in [5, 5.41) is 6.00. The molecule has 1 unspecified atom stereocenters. The fourth-order valence-electron chi connectivity index (χ4n) is 2.01. The smallest absolute Gasteiger partial charge is 0.328 e. The molecule has 2 atom stereocenters. The maximum absolute atomic E-state index is 11.8. The van der Waals surface area contributed by atoms with E-state index >= 15 is 0 Å². The molecule has 2 N–H and O–H groups in total. The fraction of sp³-hybridized carbons (Fsp3) is 0.833. The first-order valence-corrected chi connectivity index (χ1v) is 6.15. The van der Waals surface area contributed by atoms with Crippen LogP contribution < -0.4 is 10.6 Å². The van der Waals surface area contributed by atoms with Crippen molar-refractivity contribution in [2.24, 2.45) is 5.92 Å². The van der Waals surface area contributed by atoms with Gasteiger partial charge in [0.15, 0.2) is 0 Å². The van der Waals surface area contributed by atoms with Gasteiger partial charge < -0.3 is 15.4 Å². The third-order valence-corrected chi connectivity index (χ3v) is 3.03. The number of esters is 1. The van der Waals surface area contributed by atoms with Crippen LogP contribution in [0.1, 0.15) is 33.1 Å². The summed E-state index contributed by atoms with van der Waals surface area (Å²) in [7, 11) is 1.34. The molecular formula is C12H22N2O3. The van der Waals surface area contributed by atoms with Crippen molar-refractivity contribution in [2.45, 2.75) is 45.2 Å². The second-order valence-electron chi connectivity index (χ2n) is 4.81. The van der Waals surface area contributed by atoms with Crippen molar-refractivity contribution in [3.8, 4) is 0 Å². The van der Waals surface area contributed by atoms with Crippen LogP contribution in [0.25, 0.3) is 0 Å². The van der Waals surface area contributed by atoms with Gasteiger partial charge in [-0.05, 0) is 25.3 Å². The summed E-state index contributed by atoms with van der Waals surface area (Å²) < 4.78 is 4.68. The summed E-state index contributed by atoms with van der Waals surface area (Å²) in [5.41, 5.74) is 0. The maximum atomic E-state index is 11.8. The largest absolute Gasteiger partial charge is 0.467 e. The van der Waals surface area contributed by atoms with Crippen LogP contribution in [0.5, 0.6) is 0 Å². The summed E-state index contributed by atoms with van der Waals surface area (Å²) in [6.07, 6.45) is 2.57. The van der Waals surface area contributed by atoms with Gasteiger partial charge in [0.2, 0.25) is 5.91 Å². The van der Waals surface area contributed by atoms with Gasteiger partial charge in [-0.25, -0.2) is 4.79 Å². The number of ether oxygens (including phenoxy) is 1. The van der Waals surface area contributed by atoms with Gasteiger partial charge in [-0.1, -0.05) is 13.8 Å². The third kappa shape index (κ3) is 4.34. The molecule has 0 aromatic heterocycles. The van der Waals surface area contributed by atoms with Gasteiger partial charge in [0.05, 0.1) is 7.11 Å². The molecule has 1 fully saturated rings. The summed E-state index contributed by atoms with van der Waals surface area (Å²) in [5.74, 6) is -0.441. The second-order valence-corrected chi connectivity index (χ2v) is 4.81. The van der Waals surface area contributed by atoms with Gasteiger partial charge in [0.25, 0.3) is 0 Å². The van der Waals surface area contributed by atoms with Crippen molar-refractivity contribution in [3.05, 3.63) is 0 Å². The van der Waals surface area contributed by atoms with Crippen molar-refractivity contribution in [2.75, 3.05) is 13.7 Å². The van der Waals surface area contributed by atoms with Crippen LogP contribution >= 0.6 is 0 Å². The average Bonchev–Trinajstić information content (AvgIpc) is 2.77.